The van der Waals surface area contributed by atoms with Gasteiger partial charge >= 0.3 is 0 Å². The quantitative estimate of drug-likeness (QED) is 0.645. The number of nitrogens with one attached hydrogen (secondary N) is 1. The average molecular weight is 391 g/mol. The van der Waals surface area contributed by atoms with E-state index in [4.69, 9.17) is 0 Å². The normalized spacial score (nSPS) is 15.3. The molecule has 156 valence electrons. The van der Waals surface area contributed by atoms with Crippen molar-refractivity contribution in [3.63, 3.8) is 0 Å². The minimum Gasteiger partial charge on any atom is -0.345 e. The van der Waals surface area contributed by atoms with E-state index in [1.54, 1.807) is 6.08 Å². The first-order valence-corrected chi connectivity index (χ1v) is 10.1. The summed E-state index contributed by atoms with van der Waals surface area (Å²) in [6.45, 7) is 10.2. The zero-order chi connectivity index (χ0) is 20.7. The van der Waals surface area contributed by atoms with Crippen molar-refractivity contribution in [1.82, 2.24) is 29.9 Å². The van der Waals surface area contributed by atoms with Crippen LogP contribution < -0.4 is 5.32 Å². The molecule has 2 amide bonds. The maximum atomic E-state index is 12.4. The van der Waals surface area contributed by atoms with Gasteiger partial charge in [0, 0.05) is 32.5 Å². The van der Waals surface area contributed by atoms with E-state index in [1.807, 2.05) is 23.9 Å². The number of carbonyl (C=O) groups excluding carboxylic acids is 2. The molecule has 0 bridgehead atoms. The number of hydrogen-bond acceptors (Lipinski definition) is 5. The summed E-state index contributed by atoms with van der Waals surface area (Å²) in [7, 11) is 3.75. The summed E-state index contributed by atoms with van der Waals surface area (Å²) in [5, 5.41) is 11.9. The molecule has 1 N–H and O–H groups in total. The predicted octanol–water partition coefficient (Wildman–Crippen LogP) is 1.39. The van der Waals surface area contributed by atoms with Crippen LogP contribution >= 0.6 is 0 Å². The van der Waals surface area contributed by atoms with Gasteiger partial charge in [-0.3, -0.25) is 9.59 Å². The highest BCUT2D eigenvalue weighted by Gasteiger charge is 2.27. The van der Waals surface area contributed by atoms with Crippen molar-refractivity contribution in [2.75, 3.05) is 33.7 Å². The monoisotopic (exact) mass is 390 g/mol. The van der Waals surface area contributed by atoms with E-state index in [0.29, 0.717) is 51.4 Å². The van der Waals surface area contributed by atoms with Crippen LogP contribution in [0.25, 0.3) is 0 Å². The molecular weight excluding hydrogens is 356 g/mol. The molecule has 1 aliphatic heterocycles. The van der Waals surface area contributed by atoms with Crippen molar-refractivity contribution >= 4 is 11.8 Å². The lowest BCUT2D eigenvalue weighted by Gasteiger charge is -2.23. The number of amides is 2. The number of hydrogen-bond donors (Lipinski definition) is 1. The minimum absolute atomic E-state index is 0.0251. The number of likely N-dealkylation sites (N-methyl/N-ethyl adjacent to an activating group) is 1. The van der Waals surface area contributed by atoms with Gasteiger partial charge < -0.3 is 19.7 Å². The highest BCUT2D eigenvalue weighted by atomic mass is 16.2. The summed E-state index contributed by atoms with van der Waals surface area (Å²) in [5.74, 6) is 2.20. The van der Waals surface area contributed by atoms with Gasteiger partial charge in [-0.2, -0.15) is 0 Å². The molecule has 0 unspecified atom stereocenters. The third-order valence-corrected chi connectivity index (χ3v) is 4.78. The van der Waals surface area contributed by atoms with Crippen molar-refractivity contribution in [3.8, 4) is 0 Å². The van der Waals surface area contributed by atoms with Crippen molar-refractivity contribution in [2.24, 2.45) is 5.92 Å². The first-order valence-electron chi connectivity index (χ1n) is 10.1. The minimum atomic E-state index is -0.184. The Hall–Kier alpha value is -2.22. The zero-order valence-corrected chi connectivity index (χ0v) is 17.6. The molecule has 0 saturated heterocycles. The lowest BCUT2D eigenvalue weighted by atomic mass is 10.0. The first kappa shape index (κ1) is 22.1. The lowest BCUT2D eigenvalue weighted by molar-refractivity contribution is -0.131. The first-order chi connectivity index (χ1) is 13.3. The van der Waals surface area contributed by atoms with Crippen LogP contribution in [0, 0.1) is 5.92 Å². The topological polar surface area (TPSA) is 83.4 Å². The molecule has 8 nitrogen and oxygen atoms in total. The summed E-state index contributed by atoms with van der Waals surface area (Å²) in [5.41, 5.74) is 0. The van der Waals surface area contributed by atoms with Gasteiger partial charge in [-0.25, -0.2) is 0 Å². The van der Waals surface area contributed by atoms with Crippen LogP contribution in [0.4, 0.5) is 0 Å². The van der Waals surface area contributed by atoms with Crippen molar-refractivity contribution in [3.05, 3.63) is 24.3 Å². The van der Waals surface area contributed by atoms with Crippen molar-refractivity contribution in [1.29, 1.82) is 0 Å². The number of carbonyl (C=O) groups is 2. The standard InChI is InChI=1S/C20H34N6O2/c1-6-7-8-19(28)25-10-9-17-22-23-20(26(17)12-11-25)16(13-15(2)3)21-18(27)14-24(4)5/h6,15-16H,1,7-14H2,2-5H3,(H,21,27)/t16-/m1/s1. The molecule has 0 aliphatic carbocycles. The number of nitrogens with zero attached hydrogens (tertiary/aromatic N) is 5. The van der Waals surface area contributed by atoms with Crippen LogP contribution in [0.3, 0.4) is 0 Å². The van der Waals surface area contributed by atoms with Crippen LogP contribution in [-0.2, 0) is 22.6 Å². The van der Waals surface area contributed by atoms with Crippen molar-refractivity contribution in [2.45, 2.75) is 52.1 Å². The molecular formula is C20H34N6O2. The van der Waals surface area contributed by atoms with Crippen LogP contribution in [0.5, 0.6) is 0 Å². The summed E-state index contributed by atoms with van der Waals surface area (Å²) in [6, 6.07) is -0.184. The zero-order valence-electron chi connectivity index (χ0n) is 17.6. The predicted molar refractivity (Wildman–Crippen MR) is 109 cm³/mol. The van der Waals surface area contributed by atoms with Crippen LogP contribution in [0.2, 0.25) is 0 Å². The molecule has 1 aliphatic rings. The molecule has 0 aromatic carbocycles. The lowest BCUT2D eigenvalue weighted by Crippen LogP contribution is -2.38. The number of rotatable bonds is 9. The second-order valence-electron chi connectivity index (χ2n) is 8.07. The van der Waals surface area contributed by atoms with Crippen LogP contribution in [0.1, 0.15) is 50.8 Å². The van der Waals surface area contributed by atoms with Gasteiger partial charge in [-0.15, -0.1) is 16.8 Å². The highest BCUT2D eigenvalue weighted by molar-refractivity contribution is 5.78. The summed E-state index contributed by atoms with van der Waals surface area (Å²) in [4.78, 5) is 28.5. The fourth-order valence-corrected chi connectivity index (χ4v) is 3.46. The summed E-state index contributed by atoms with van der Waals surface area (Å²) in [6.07, 6.45) is 4.43. The van der Waals surface area contributed by atoms with Gasteiger partial charge in [0.1, 0.15) is 5.82 Å². The van der Waals surface area contributed by atoms with Gasteiger partial charge in [0.15, 0.2) is 5.82 Å². The number of fused-ring (bicyclic) bond motifs is 1. The Bertz CT molecular complexity index is 682. The van der Waals surface area contributed by atoms with E-state index in [2.05, 4.69) is 40.5 Å². The van der Waals surface area contributed by atoms with E-state index in [-0.39, 0.29) is 17.9 Å². The molecule has 1 aromatic heterocycles. The fourth-order valence-electron chi connectivity index (χ4n) is 3.46. The van der Waals surface area contributed by atoms with Crippen LogP contribution in [-0.4, -0.2) is 70.1 Å². The molecule has 0 spiro atoms. The molecule has 1 aromatic rings. The second-order valence-corrected chi connectivity index (χ2v) is 8.07. The molecule has 0 fully saturated rings. The molecule has 0 saturated carbocycles. The second kappa shape index (κ2) is 10.4. The van der Waals surface area contributed by atoms with E-state index in [0.717, 1.165) is 18.1 Å². The summed E-state index contributed by atoms with van der Waals surface area (Å²) >= 11 is 0. The van der Waals surface area contributed by atoms with Gasteiger partial charge in [-0.1, -0.05) is 19.9 Å². The maximum absolute atomic E-state index is 12.4. The number of allylic oxidation sites excluding steroid dienone is 1. The van der Waals surface area contributed by atoms with Crippen LogP contribution in [0.15, 0.2) is 12.7 Å². The third-order valence-electron chi connectivity index (χ3n) is 4.78. The van der Waals surface area contributed by atoms with Crippen molar-refractivity contribution < 1.29 is 9.59 Å². The molecule has 1 atom stereocenters. The smallest absolute Gasteiger partial charge is 0.234 e. The molecule has 2 rings (SSSR count). The fraction of sp³-hybridized carbons (Fsp3) is 0.700. The Balaban J connectivity index is 2.14. The summed E-state index contributed by atoms with van der Waals surface area (Å²) < 4.78 is 2.09. The maximum Gasteiger partial charge on any atom is 0.234 e. The van der Waals surface area contributed by atoms with E-state index < -0.39 is 0 Å². The van der Waals surface area contributed by atoms with E-state index in [9.17, 15) is 9.59 Å². The Morgan fingerprint density at radius 1 is 1.25 bits per heavy atom. The molecule has 2 heterocycles. The van der Waals surface area contributed by atoms with E-state index >= 15 is 0 Å². The van der Waals surface area contributed by atoms with Gasteiger partial charge in [0.2, 0.25) is 11.8 Å². The SMILES string of the molecule is C=CCCC(=O)N1CCc2nnc([C@@H](CC(C)C)NC(=O)CN(C)C)n2CC1. The third kappa shape index (κ3) is 6.15. The molecule has 28 heavy (non-hydrogen) atoms. The van der Waals surface area contributed by atoms with E-state index in [1.165, 1.54) is 0 Å². The largest absolute Gasteiger partial charge is 0.345 e. The average Bonchev–Trinajstić information content (AvgIpc) is 2.89. The Morgan fingerprint density at radius 2 is 2.00 bits per heavy atom. The highest BCUT2D eigenvalue weighted by Crippen LogP contribution is 2.22. The molecule has 8 heteroatoms. The van der Waals surface area contributed by atoms with Gasteiger partial charge in [-0.05, 0) is 32.9 Å². The Morgan fingerprint density at radius 3 is 2.64 bits per heavy atom. The van der Waals surface area contributed by atoms with Gasteiger partial charge in [0.25, 0.3) is 0 Å². The Kier molecular flexibility index (Phi) is 8.17. The number of aromatic nitrogens is 3. The molecule has 0 radical (unpaired) electrons. The van der Waals surface area contributed by atoms with Gasteiger partial charge in [0.05, 0.1) is 12.6 Å². The Labute approximate surface area is 168 Å².